The third-order valence-corrected chi connectivity index (χ3v) is 3.16. The van der Waals surface area contributed by atoms with Gasteiger partial charge in [0.2, 0.25) is 5.28 Å². The zero-order valence-corrected chi connectivity index (χ0v) is 11.3. The number of aryl methyl sites for hydroxylation is 2. The number of hydrogen-bond donors (Lipinski definition) is 0. The zero-order valence-electron chi connectivity index (χ0n) is 9.79. The van der Waals surface area contributed by atoms with Gasteiger partial charge in [0.1, 0.15) is 5.52 Å². The topological polar surface area (TPSA) is 56.5 Å². The van der Waals surface area contributed by atoms with E-state index < -0.39 is 0 Å². The molecule has 3 heterocycles. The summed E-state index contributed by atoms with van der Waals surface area (Å²) in [5.74, 6) is 0. The molecular formula is C12H9Cl2N5. The molecule has 0 fully saturated rings. The smallest absolute Gasteiger partial charge is 0.225 e. The van der Waals surface area contributed by atoms with Crippen LogP contribution < -0.4 is 0 Å². The SMILES string of the molecule is Clc1nc(Cl)c2ncn(CCc3ccccn3)c2n1. The summed E-state index contributed by atoms with van der Waals surface area (Å²) in [7, 11) is 0. The summed E-state index contributed by atoms with van der Waals surface area (Å²) in [6.07, 6.45) is 4.24. The van der Waals surface area contributed by atoms with E-state index in [9.17, 15) is 0 Å². The lowest BCUT2D eigenvalue weighted by molar-refractivity contribution is 0.697. The van der Waals surface area contributed by atoms with Gasteiger partial charge in [-0.05, 0) is 23.7 Å². The van der Waals surface area contributed by atoms with Crippen molar-refractivity contribution in [1.29, 1.82) is 0 Å². The molecule has 0 aliphatic carbocycles. The van der Waals surface area contributed by atoms with Gasteiger partial charge in [-0.3, -0.25) is 4.98 Å². The summed E-state index contributed by atoms with van der Waals surface area (Å²) in [5, 5.41) is 0.392. The number of halogens is 2. The highest BCUT2D eigenvalue weighted by atomic mass is 35.5. The lowest BCUT2D eigenvalue weighted by Crippen LogP contribution is -2.02. The minimum atomic E-state index is 0.122. The van der Waals surface area contributed by atoms with Crippen LogP contribution in [0.25, 0.3) is 11.2 Å². The average molecular weight is 294 g/mol. The quantitative estimate of drug-likeness (QED) is 0.550. The minimum absolute atomic E-state index is 0.122. The first-order valence-corrected chi connectivity index (χ1v) is 6.43. The van der Waals surface area contributed by atoms with Crippen molar-refractivity contribution in [1.82, 2.24) is 24.5 Å². The fourth-order valence-corrected chi connectivity index (χ4v) is 2.25. The third kappa shape index (κ3) is 2.52. The van der Waals surface area contributed by atoms with Crippen molar-refractivity contribution in [2.75, 3.05) is 0 Å². The molecule has 0 unspecified atom stereocenters. The van der Waals surface area contributed by atoms with E-state index in [4.69, 9.17) is 23.2 Å². The highest BCUT2D eigenvalue weighted by Crippen LogP contribution is 2.20. The molecule has 96 valence electrons. The predicted molar refractivity (Wildman–Crippen MR) is 73.3 cm³/mol. The minimum Gasteiger partial charge on any atom is -0.315 e. The van der Waals surface area contributed by atoms with E-state index in [1.807, 2.05) is 22.8 Å². The van der Waals surface area contributed by atoms with Gasteiger partial charge < -0.3 is 4.57 Å². The van der Waals surface area contributed by atoms with Gasteiger partial charge in [-0.15, -0.1) is 0 Å². The average Bonchev–Trinajstić information content (AvgIpc) is 2.81. The molecule has 5 nitrogen and oxygen atoms in total. The Labute approximate surface area is 119 Å². The second-order valence-corrected chi connectivity index (χ2v) is 4.66. The molecule has 0 aliphatic heterocycles. The van der Waals surface area contributed by atoms with Crippen molar-refractivity contribution in [3.63, 3.8) is 0 Å². The molecule has 7 heteroatoms. The molecule has 0 spiro atoms. The number of rotatable bonds is 3. The maximum Gasteiger partial charge on any atom is 0.225 e. The molecule has 0 atom stereocenters. The van der Waals surface area contributed by atoms with Crippen molar-refractivity contribution < 1.29 is 0 Å². The van der Waals surface area contributed by atoms with Crippen LogP contribution in [-0.4, -0.2) is 24.5 Å². The van der Waals surface area contributed by atoms with Gasteiger partial charge in [-0.2, -0.15) is 4.98 Å². The van der Waals surface area contributed by atoms with E-state index >= 15 is 0 Å². The summed E-state index contributed by atoms with van der Waals surface area (Å²) < 4.78 is 1.89. The van der Waals surface area contributed by atoms with Gasteiger partial charge in [-0.1, -0.05) is 17.7 Å². The van der Waals surface area contributed by atoms with Crippen molar-refractivity contribution in [3.05, 3.63) is 46.9 Å². The molecule has 3 aromatic rings. The van der Waals surface area contributed by atoms with Crippen LogP contribution in [0.1, 0.15) is 5.69 Å². The van der Waals surface area contributed by atoms with Gasteiger partial charge in [0.25, 0.3) is 0 Å². The Morgan fingerprint density at radius 1 is 1.11 bits per heavy atom. The predicted octanol–water partition coefficient (Wildman–Crippen LogP) is 2.77. The molecular weight excluding hydrogens is 285 g/mol. The summed E-state index contributed by atoms with van der Waals surface area (Å²) in [5.41, 5.74) is 2.21. The summed E-state index contributed by atoms with van der Waals surface area (Å²) in [4.78, 5) is 16.5. The Balaban J connectivity index is 1.89. The Kier molecular flexibility index (Phi) is 3.31. The second-order valence-electron chi connectivity index (χ2n) is 3.96. The van der Waals surface area contributed by atoms with E-state index in [0.29, 0.717) is 17.7 Å². The number of imidazole rings is 1. The first-order valence-electron chi connectivity index (χ1n) is 5.68. The summed E-state index contributed by atoms with van der Waals surface area (Å²) >= 11 is 11.8. The molecule has 0 amide bonds. The number of hydrogen-bond acceptors (Lipinski definition) is 4. The van der Waals surface area contributed by atoms with Crippen LogP contribution in [0.5, 0.6) is 0 Å². The van der Waals surface area contributed by atoms with Crippen LogP contribution in [0.4, 0.5) is 0 Å². The molecule has 0 saturated heterocycles. The van der Waals surface area contributed by atoms with Crippen molar-refractivity contribution in [2.24, 2.45) is 0 Å². The molecule has 0 saturated carbocycles. The van der Waals surface area contributed by atoms with Crippen LogP contribution in [0.15, 0.2) is 30.7 Å². The maximum atomic E-state index is 5.97. The molecule has 0 N–H and O–H groups in total. The molecule has 0 aromatic carbocycles. The number of nitrogens with zero attached hydrogens (tertiary/aromatic N) is 5. The van der Waals surface area contributed by atoms with Gasteiger partial charge in [-0.25, -0.2) is 9.97 Å². The van der Waals surface area contributed by atoms with Crippen LogP contribution in [0.3, 0.4) is 0 Å². The Morgan fingerprint density at radius 3 is 2.79 bits per heavy atom. The third-order valence-electron chi connectivity index (χ3n) is 2.73. The largest absolute Gasteiger partial charge is 0.315 e. The number of aromatic nitrogens is 5. The molecule has 3 rings (SSSR count). The monoisotopic (exact) mass is 293 g/mol. The van der Waals surface area contributed by atoms with Gasteiger partial charge in [0, 0.05) is 24.9 Å². The van der Waals surface area contributed by atoms with Crippen molar-refractivity contribution in [2.45, 2.75) is 13.0 Å². The maximum absolute atomic E-state index is 5.97. The van der Waals surface area contributed by atoms with E-state index in [1.165, 1.54) is 0 Å². The van der Waals surface area contributed by atoms with Crippen LogP contribution in [0.2, 0.25) is 10.4 Å². The fraction of sp³-hybridized carbons (Fsp3) is 0.167. The summed E-state index contributed by atoms with van der Waals surface area (Å²) in [6.45, 7) is 0.706. The number of pyridine rings is 1. The van der Waals surface area contributed by atoms with Gasteiger partial charge in [0.05, 0.1) is 6.33 Å². The van der Waals surface area contributed by atoms with E-state index in [-0.39, 0.29) is 10.4 Å². The fourth-order valence-electron chi connectivity index (χ4n) is 1.83. The summed E-state index contributed by atoms with van der Waals surface area (Å²) in [6, 6.07) is 5.83. The standard InChI is InChI=1S/C12H9Cl2N5/c13-10-9-11(18-12(14)17-10)19(7-16-9)6-4-8-3-1-2-5-15-8/h1-3,5,7H,4,6H2. The molecule has 3 aromatic heterocycles. The van der Waals surface area contributed by atoms with Crippen molar-refractivity contribution >= 4 is 34.4 Å². The number of fused-ring (bicyclic) bond motifs is 1. The van der Waals surface area contributed by atoms with Crippen LogP contribution >= 0.6 is 23.2 Å². The highest BCUT2D eigenvalue weighted by Gasteiger charge is 2.10. The van der Waals surface area contributed by atoms with E-state index in [1.54, 1.807) is 12.5 Å². The van der Waals surface area contributed by atoms with Crippen LogP contribution in [0, 0.1) is 0 Å². The Hall–Kier alpha value is -1.72. The molecule has 0 aliphatic rings. The van der Waals surface area contributed by atoms with Crippen LogP contribution in [-0.2, 0) is 13.0 Å². The Morgan fingerprint density at radius 2 is 2.00 bits per heavy atom. The van der Waals surface area contributed by atoms with E-state index in [2.05, 4.69) is 19.9 Å². The van der Waals surface area contributed by atoms with Gasteiger partial charge >= 0.3 is 0 Å². The molecule has 0 bridgehead atoms. The first kappa shape index (κ1) is 12.3. The van der Waals surface area contributed by atoms with Gasteiger partial charge in [0.15, 0.2) is 10.8 Å². The molecule has 0 radical (unpaired) electrons. The lowest BCUT2D eigenvalue weighted by Gasteiger charge is -2.03. The van der Waals surface area contributed by atoms with Crippen molar-refractivity contribution in [3.8, 4) is 0 Å². The molecule has 19 heavy (non-hydrogen) atoms. The highest BCUT2D eigenvalue weighted by molar-refractivity contribution is 6.35. The lowest BCUT2D eigenvalue weighted by atomic mass is 10.3. The Bertz CT molecular complexity index is 711. The second kappa shape index (κ2) is 5.11. The van der Waals surface area contributed by atoms with E-state index in [0.717, 1.165) is 12.1 Å². The first-order chi connectivity index (χ1) is 9.24. The zero-order chi connectivity index (χ0) is 13.2. The normalized spacial score (nSPS) is 11.1.